The molecule has 24 heavy (non-hydrogen) atoms. The minimum atomic E-state index is -4.63. The van der Waals surface area contributed by atoms with Crippen LogP contribution in [0.3, 0.4) is 0 Å². The molecule has 0 aliphatic heterocycles. The Morgan fingerprint density at radius 1 is 1.12 bits per heavy atom. The zero-order chi connectivity index (χ0) is 18.1. The van der Waals surface area contributed by atoms with Crippen LogP contribution in [0.4, 0.5) is 19.0 Å². The number of hydrogen-bond acceptors (Lipinski definition) is 6. The summed E-state index contributed by atoms with van der Waals surface area (Å²) in [5.74, 6) is 0.0802. The van der Waals surface area contributed by atoms with Crippen LogP contribution in [-0.2, 0) is 16.0 Å². The Balaban J connectivity index is 2.53. The summed E-state index contributed by atoms with van der Waals surface area (Å²) in [5.41, 5.74) is -1.08. The maximum Gasteiger partial charge on any atom is 0.433 e. The monoisotopic (exact) mass is 377 g/mol. The first kappa shape index (κ1) is 18.5. The maximum atomic E-state index is 13.0. The number of sulfone groups is 1. The number of nitrogens with zero attached hydrogens (tertiary/aromatic N) is 3. The van der Waals surface area contributed by atoms with Crippen molar-refractivity contribution in [2.75, 3.05) is 25.3 Å². The maximum absolute atomic E-state index is 13.0. The summed E-state index contributed by atoms with van der Waals surface area (Å²) in [6.45, 7) is 0. The van der Waals surface area contributed by atoms with E-state index in [2.05, 4.69) is 9.97 Å². The van der Waals surface area contributed by atoms with E-state index in [-0.39, 0.29) is 20.8 Å². The summed E-state index contributed by atoms with van der Waals surface area (Å²) < 4.78 is 62.6. The second-order valence-electron chi connectivity index (χ2n) is 5.11. The van der Waals surface area contributed by atoms with Gasteiger partial charge in [0.1, 0.15) is 5.82 Å². The number of alkyl halides is 3. The first-order valence-corrected chi connectivity index (χ1v) is 9.30. The lowest BCUT2D eigenvalue weighted by Crippen LogP contribution is -2.16. The molecule has 1 heterocycles. The van der Waals surface area contributed by atoms with Crippen LogP contribution >= 0.6 is 11.8 Å². The minimum Gasteiger partial charge on any atom is -0.363 e. The van der Waals surface area contributed by atoms with E-state index in [4.69, 9.17) is 0 Å². The zero-order valence-electron chi connectivity index (χ0n) is 13.0. The molecule has 0 bridgehead atoms. The van der Waals surface area contributed by atoms with Gasteiger partial charge < -0.3 is 4.90 Å². The van der Waals surface area contributed by atoms with Gasteiger partial charge in [0.15, 0.2) is 20.7 Å². The molecule has 0 N–H and O–H groups in total. The average molecular weight is 377 g/mol. The van der Waals surface area contributed by atoms with Crippen LogP contribution in [0.5, 0.6) is 0 Å². The van der Waals surface area contributed by atoms with Crippen LogP contribution in [-0.4, -0.2) is 38.7 Å². The van der Waals surface area contributed by atoms with Crippen molar-refractivity contribution in [3.63, 3.8) is 0 Å². The van der Waals surface area contributed by atoms with E-state index < -0.39 is 21.7 Å². The number of rotatable bonds is 4. The standard InChI is InChI=1S/C14H14F3N3O2S2/c1-20(2)12-8-11(14(15,16)17)18-13(19-12)23-9-6-4-5-7-10(9)24(3,21)22/h4-8H,1-3H3. The second-order valence-corrected chi connectivity index (χ2v) is 8.10. The van der Waals surface area contributed by atoms with Gasteiger partial charge >= 0.3 is 6.18 Å². The lowest BCUT2D eigenvalue weighted by Gasteiger charge is -2.15. The number of anilines is 1. The van der Waals surface area contributed by atoms with Gasteiger partial charge in [-0.15, -0.1) is 0 Å². The average Bonchev–Trinajstić information content (AvgIpc) is 2.45. The van der Waals surface area contributed by atoms with Gasteiger partial charge in [-0.05, 0) is 23.9 Å². The van der Waals surface area contributed by atoms with Gasteiger partial charge in [0.2, 0.25) is 0 Å². The van der Waals surface area contributed by atoms with Crippen molar-refractivity contribution in [3.8, 4) is 0 Å². The van der Waals surface area contributed by atoms with Gasteiger partial charge in [0.25, 0.3) is 0 Å². The molecule has 10 heteroatoms. The van der Waals surface area contributed by atoms with Gasteiger partial charge in [0.05, 0.1) is 4.90 Å². The van der Waals surface area contributed by atoms with Crippen LogP contribution in [0.2, 0.25) is 0 Å². The quantitative estimate of drug-likeness (QED) is 0.763. The summed E-state index contributed by atoms with van der Waals surface area (Å²) >= 11 is 0.775. The Bertz CT molecular complexity index is 853. The third-order valence-electron chi connectivity index (χ3n) is 2.89. The van der Waals surface area contributed by atoms with Crippen LogP contribution in [0.15, 0.2) is 45.3 Å². The third-order valence-corrected chi connectivity index (χ3v) is 5.12. The molecule has 0 atom stereocenters. The largest absolute Gasteiger partial charge is 0.433 e. The van der Waals surface area contributed by atoms with E-state index in [0.717, 1.165) is 24.1 Å². The molecule has 2 aromatic rings. The Morgan fingerprint density at radius 3 is 2.29 bits per heavy atom. The molecule has 0 aliphatic carbocycles. The highest BCUT2D eigenvalue weighted by atomic mass is 32.2. The van der Waals surface area contributed by atoms with Gasteiger partial charge in [-0.2, -0.15) is 13.2 Å². The zero-order valence-corrected chi connectivity index (χ0v) is 14.6. The molecular weight excluding hydrogens is 363 g/mol. The third kappa shape index (κ3) is 4.38. The molecule has 2 rings (SSSR count). The SMILES string of the molecule is CN(C)c1cc(C(F)(F)F)nc(Sc2ccccc2S(C)(=O)=O)n1. The molecular formula is C14H14F3N3O2S2. The van der Waals surface area contributed by atoms with Crippen molar-refractivity contribution >= 4 is 27.4 Å². The molecule has 0 fully saturated rings. The van der Waals surface area contributed by atoms with E-state index in [1.807, 2.05) is 0 Å². The second kappa shape index (κ2) is 6.60. The Labute approximate surface area is 141 Å². The summed E-state index contributed by atoms with van der Waals surface area (Å²) in [4.78, 5) is 9.26. The smallest absolute Gasteiger partial charge is 0.363 e. The number of halogens is 3. The molecule has 1 aromatic heterocycles. The molecule has 5 nitrogen and oxygen atoms in total. The predicted octanol–water partition coefficient (Wildman–Crippen LogP) is 3.12. The van der Waals surface area contributed by atoms with Crippen LogP contribution in [0.25, 0.3) is 0 Å². The van der Waals surface area contributed by atoms with Gasteiger partial charge in [-0.3, -0.25) is 0 Å². The van der Waals surface area contributed by atoms with E-state index in [1.165, 1.54) is 17.0 Å². The lowest BCUT2D eigenvalue weighted by molar-refractivity contribution is -0.141. The summed E-state index contributed by atoms with van der Waals surface area (Å²) in [6, 6.07) is 6.86. The molecule has 1 aromatic carbocycles. The normalized spacial score (nSPS) is 12.2. The van der Waals surface area contributed by atoms with Crippen molar-refractivity contribution in [2.45, 2.75) is 21.1 Å². The highest BCUT2D eigenvalue weighted by Crippen LogP contribution is 2.35. The predicted molar refractivity (Wildman–Crippen MR) is 85.0 cm³/mol. The van der Waals surface area contributed by atoms with Crippen molar-refractivity contribution < 1.29 is 21.6 Å². The number of benzene rings is 1. The first-order chi connectivity index (χ1) is 11.0. The molecule has 0 unspecified atom stereocenters. The Morgan fingerprint density at radius 2 is 1.75 bits per heavy atom. The van der Waals surface area contributed by atoms with Gasteiger partial charge in [-0.25, -0.2) is 18.4 Å². The van der Waals surface area contributed by atoms with Crippen LogP contribution in [0.1, 0.15) is 5.69 Å². The number of aromatic nitrogens is 2. The van der Waals surface area contributed by atoms with E-state index >= 15 is 0 Å². The topological polar surface area (TPSA) is 63.2 Å². The molecule has 0 spiro atoms. The Hall–Kier alpha value is -1.81. The van der Waals surface area contributed by atoms with Crippen molar-refractivity contribution in [2.24, 2.45) is 0 Å². The van der Waals surface area contributed by atoms with Crippen molar-refractivity contribution in [1.82, 2.24) is 9.97 Å². The molecule has 0 radical (unpaired) electrons. The summed E-state index contributed by atoms with van der Waals surface area (Å²) in [7, 11) is -0.414. The van der Waals surface area contributed by atoms with Crippen molar-refractivity contribution in [1.29, 1.82) is 0 Å². The van der Waals surface area contributed by atoms with E-state index in [0.29, 0.717) is 0 Å². The van der Waals surface area contributed by atoms with Gasteiger partial charge in [0, 0.05) is 31.3 Å². The Kier molecular flexibility index (Phi) is 5.09. The fraction of sp³-hybridized carbons (Fsp3) is 0.286. The highest BCUT2D eigenvalue weighted by molar-refractivity contribution is 8.00. The highest BCUT2D eigenvalue weighted by Gasteiger charge is 2.34. The van der Waals surface area contributed by atoms with Crippen molar-refractivity contribution in [3.05, 3.63) is 36.0 Å². The fourth-order valence-corrected chi connectivity index (χ4v) is 3.91. The van der Waals surface area contributed by atoms with E-state index in [1.54, 1.807) is 26.2 Å². The summed E-state index contributed by atoms with van der Waals surface area (Å²) in [6.07, 6.45) is -3.59. The fourth-order valence-electron chi connectivity index (χ4n) is 1.77. The molecule has 0 amide bonds. The van der Waals surface area contributed by atoms with Crippen LogP contribution in [0, 0.1) is 0 Å². The van der Waals surface area contributed by atoms with Gasteiger partial charge in [-0.1, -0.05) is 12.1 Å². The van der Waals surface area contributed by atoms with Crippen LogP contribution < -0.4 is 4.90 Å². The molecule has 0 aliphatic rings. The molecule has 130 valence electrons. The number of hydrogen-bond donors (Lipinski definition) is 0. The summed E-state index contributed by atoms with van der Waals surface area (Å²) in [5, 5.41) is -0.176. The first-order valence-electron chi connectivity index (χ1n) is 6.59. The van der Waals surface area contributed by atoms with E-state index in [9.17, 15) is 21.6 Å². The molecule has 0 saturated heterocycles. The lowest BCUT2D eigenvalue weighted by atomic mass is 10.4. The molecule has 0 saturated carbocycles. The minimum absolute atomic E-state index is 0.0161.